The molecule has 0 saturated carbocycles. The summed E-state index contributed by atoms with van der Waals surface area (Å²) in [6.45, 7) is -1.79. The zero-order chi connectivity index (χ0) is 42.0. The number of aliphatic hydroxyl groups is 6. The molecule has 4 aromatic rings. The van der Waals surface area contributed by atoms with Gasteiger partial charge in [0.1, 0.15) is 64.8 Å². The first-order valence-corrected chi connectivity index (χ1v) is 17.4. The highest BCUT2D eigenvalue weighted by Crippen LogP contribution is 2.40. The summed E-state index contributed by atoms with van der Waals surface area (Å²) in [6.07, 6.45) is -16.7. The van der Waals surface area contributed by atoms with Crippen LogP contribution in [-0.4, -0.2) is 146 Å². The molecule has 10 atom stereocenters. The molecule has 0 amide bonds. The number of aliphatic hydroxyl groups excluding tert-OH is 6. The largest absolute Gasteiger partial charge is 0.508 e. The molecule has 0 unspecified atom stereocenters. The van der Waals surface area contributed by atoms with Gasteiger partial charge in [-0.2, -0.15) is 0 Å². The highest BCUT2D eigenvalue weighted by Gasteiger charge is 2.53. The Balaban J connectivity index is 1.36. The number of rotatable bonds is 12. The molecule has 10 N–H and O–H groups in total. The van der Waals surface area contributed by atoms with Crippen LogP contribution < -0.4 is 19.6 Å². The van der Waals surface area contributed by atoms with Crippen molar-refractivity contribution in [1.82, 2.24) is 0 Å². The maximum absolute atomic E-state index is 14.0. The second-order valence-corrected chi connectivity index (χ2v) is 13.1. The maximum atomic E-state index is 14.0. The Morgan fingerprint density at radius 3 is 1.93 bits per heavy atom. The van der Waals surface area contributed by atoms with Gasteiger partial charge in [-0.15, -0.1) is 0 Å². The van der Waals surface area contributed by atoms with Crippen LogP contribution in [0.3, 0.4) is 0 Å². The predicted molar refractivity (Wildman–Crippen MR) is 194 cm³/mol. The molecule has 2 aliphatic rings. The van der Waals surface area contributed by atoms with Gasteiger partial charge in [-0.25, -0.2) is 4.79 Å². The summed E-state index contributed by atoms with van der Waals surface area (Å²) in [5.74, 6) is -3.80. The van der Waals surface area contributed by atoms with Crippen molar-refractivity contribution in [3.8, 4) is 51.6 Å². The van der Waals surface area contributed by atoms with E-state index in [-0.39, 0.29) is 39.9 Å². The van der Waals surface area contributed by atoms with Gasteiger partial charge in [-0.1, -0.05) is 0 Å². The zero-order valence-corrected chi connectivity index (χ0v) is 30.5. The van der Waals surface area contributed by atoms with Crippen LogP contribution in [0.2, 0.25) is 0 Å². The molecule has 0 spiro atoms. The number of carbonyl (C=O) groups is 1. The number of ether oxygens (including phenoxy) is 7. The van der Waals surface area contributed by atoms with E-state index in [0.29, 0.717) is 5.56 Å². The van der Waals surface area contributed by atoms with Crippen molar-refractivity contribution in [2.45, 2.75) is 61.4 Å². The van der Waals surface area contributed by atoms with Crippen molar-refractivity contribution in [3.05, 3.63) is 70.4 Å². The highest BCUT2D eigenvalue weighted by atomic mass is 16.8. The monoisotopic (exact) mass is 816 g/mol. The minimum absolute atomic E-state index is 0.0125. The standard InChI is InChI=1S/C38H40O20/c1-51-21-9-15(10-22(52-2)27(21)45)3-8-25(44)56-35-31(49)28(46)23(13-39)54-37(35)58-36-32(50)29(47)24(14-40)55-38(36)57-34-30(48)26-19(43)11-18(42)12-20(26)53-33(34)16-4-6-17(41)7-5-16/h3-12,23-24,28-29,31-32,35-43,45-47,49-50H,13-14H2,1-2H3/t23-,24-,28-,29-,31+,32+,35-,36-,37+,38+/m1/s1. The molecule has 6 rings (SSSR count). The molecule has 1 aromatic heterocycles. The molecule has 20 nitrogen and oxygen atoms in total. The number of hydrogen-bond acceptors (Lipinski definition) is 20. The van der Waals surface area contributed by atoms with Gasteiger partial charge in [0.15, 0.2) is 35.8 Å². The summed E-state index contributed by atoms with van der Waals surface area (Å²) in [5.41, 5.74) is -0.924. The first-order chi connectivity index (χ1) is 27.7. The number of hydrogen-bond donors (Lipinski definition) is 10. The van der Waals surface area contributed by atoms with Crippen molar-refractivity contribution in [3.63, 3.8) is 0 Å². The number of methoxy groups -OCH3 is 2. The fraction of sp³-hybridized carbons (Fsp3) is 0.368. The number of phenols is 4. The molecule has 2 fully saturated rings. The zero-order valence-electron chi connectivity index (χ0n) is 30.5. The van der Waals surface area contributed by atoms with Crippen molar-refractivity contribution in [1.29, 1.82) is 0 Å². The number of carbonyl (C=O) groups excluding carboxylic acids is 1. The SMILES string of the molecule is COc1cc(C=CC(=O)O[C@H]2[C@H](O[C@H]3[C@H](Oc4c(-c5ccc(O)cc5)oc5cc(O)cc(O)c5c4=O)O[C@H](CO)[C@@H](O)[C@@H]3O)O[C@H](CO)[C@@H](O)[C@@H]2O)cc(OC)c1O. The fourth-order valence-electron chi connectivity index (χ4n) is 6.38. The molecular weight excluding hydrogens is 776 g/mol. The van der Waals surface area contributed by atoms with Crippen LogP contribution in [0.5, 0.6) is 40.2 Å². The Hall–Kier alpha value is -5.68. The lowest BCUT2D eigenvalue weighted by Gasteiger charge is -2.46. The topological polar surface area (TPSA) is 314 Å². The predicted octanol–water partition coefficient (Wildman–Crippen LogP) is -0.433. The summed E-state index contributed by atoms with van der Waals surface area (Å²) in [7, 11) is 2.59. The summed E-state index contributed by atoms with van der Waals surface area (Å²) in [6, 6.07) is 9.81. The molecule has 312 valence electrons. The summed E-state index contributed by atoms with van der Waals surface area (Å²) < 4.78 is 44.9. The summed E-state index contributed by atoms with van der Waals surface area (Å²) in [4.78, 5) is 27.2. The van der Waals surface area contributed by atoms with Crippen molar-refractivity contribution >= 4 is 23.0 Å². The van der Waals surface area contributed by atoms with E-state index in [1.807, 2.05) is 0 Å². The van der Waals surface area contributed by atoms with Gasteiger partial charge >= 0.3 is 5.97 Å². The molecule has 0 aliphatic carbocycles. The van der Waals surface area contributed by atoms with Crippen LogP contribution in [0.4, 0.5) is 0 Å². The minimum atomic E-state index is -2.05. The molecule has 20 heteroatoms. The Morgan fingerprint density at radius 2 is 1.34 bits per heavy atom. The highest BCUT2D eigenvalue weighted by molar-refractivity contribution is 5.89. The lowest BCUT2D eigenvalue weighted by Crippen LogP contribution is -2.65. The quantitative estimate of drug-likeness (QED) is 0.0640. The molecule has 58 heavy (non-hydrogen) atoms. The molecular formula is C38H40O20. The van der Waals surface area contributed by atoms with Crippen LogP contribution in [0.15, 0.2) is 63.8 Å². The second-order valence-electron chi connectivity index (χ2n) is 13.1. The van der Waals surface area contributed by atoms with Gasteiger partial charge < -0.3 is 88.6 Å². The normalized spacial score (nSPS) is 27.4. The van der Waals surface area contributed by atoms with E-state index in [0.717, 1.165) is 18.2 Å². The smallest absolute Gasteiger partial charge is 0.331 e. The average Bonchev–Trinajstić information content (AvgIpc) is 3.20. The Kier molecular flexibility index (Phi) is 12.6. The van der Waals surface area contributed by atoms with E-state index in [1.54, 1.807) is 0 Å². The number of phenolic OH excluding ortho intramolecular Hbond substituents is 4. The van der Waals surface area contributed by atoms with Gasteiger partial charge in [-0.05, 0) is 48.0 Å². The minimum Gasteiger partial charge on any atom is -0.508 e. The lowest BCUT2D eigenvalue weighted by atomic mass is 9.97. The second kappa shape index (κ2) is 17.4. The van der Waals surface area contributed by atoms with E-state index < -0.39 is 109 Å². The van der Waals surface area contributed by atoms with Gasteiger partial charge in [-0.3, -0.25) is 4.79 Å². The number of fused-ring (bicyclic) bond motifs is 1. The molecule has 3 aromatic carbocycles. The van der Waals surface area contributed by atoms with Crippen molar-refractivity contribution in [2.75, 3.05) is 27.4 Å². The number of aromatic hydroxyl groups is 4. The third kappa shape index (κ3) is 8.32. The van der Waals surface area contributed by atoms with E-state index in [1.165, 1.54) is 56.7 Å². The number of esters is 1. The van der Waals surface area contributed by atoms with E-state index >= 15 is 0 Å². The van der Waals surface area contributed by atoms with E-state index in [4.69, 9.17) is 37.6 Å². The fourth-order valence-corrected chi connectivity index (χ4v) is 6.38. The summed E-state index contributed by atoms with van der Waals surface area (Å²) >= 11 is 0. The first-order valence-electron chi connectivity index (χ1n) is 17.4. The number of benzene rings is 3. The molecule has 3 heterocycles. The third-order valence-electron chi connectivity index (χ3n) is 9.39. The van der Waals surface area contributed by atoms with Gasteiger partial charge in [0.2, 0.25) is 23.2 Å². The Morgan fingerprint density at radius 1 is 0.759 bits per heavy atom. The first kappa shape index (κ1) is 41.9. The maximum Gasteiger partial charge on any atom is 0.331 e. The van der Waals surface area contributed by atoms with E-state index in [9.17, 15) is 60.7 Å². The van der Waals surface area contributed by atoms with Crippen LogP contribution in [-0.2, 0) is 23.7 Å². The molecule has 2 aliphatic heterocycles. The Labute approximate surface area is 327 Å². The summed E-state index contributed by atoms with van der Waals surface area (Å²) in [5, 5.41) is 104. The molecule has 0 bridgehead atoms. The van der Waals surface area contributed by atoms with Crippen LogP contribution >= 0.6 is 0 Å². The molecule has 2 saturated heterocycles. The lowest BCUT2D eigenvalue weighted by molar-refractivity contribution is -0.358. The average molecular weight is 817 g/mol. The van der Waals surface area contributed by atoms with Crippen LogP contribution in [0, 0.1) is 0 Å². The molecule has 0 radical (unpaired) electrons. The van der Waals surface area contributed by atoms with Gasteiger partial charge in [0, 0.05) is 23.8 Å². The van der Waals surface area contributed by atoms with Gasteiger partial charge in [0.25, 0.3) is 0 Å². The van der Waals surface area contributed by atoms with Crippen LogP contribution in [0.1, 0.15) is 5.56 Å². The van der Waals surface area contributed by atoms with Crippen LogP contribution in [0.25, 0.3) is 28.4 Å². The van der Waals surface area contributed by atoms with Gasteiger partial charge in [0.05, 0.1) is 27.4 Å². The Bertz CT molecular complexity index is 2160. The van der Waals surface area contributed by atoms with Crippen molar-refractivity contribution in [2.24, 2.45) is 0 Å². The van der Waals surface area contributed by atoms with Crippen molar-refractivity contribution < 1.29 is 93.4 Å². The third-order valence-corrected chi connectivity index (χ3v) is 9.39. The van der Waals surface area contributed by atoms with E-state index in [2.05, 4.69) is 0 Å².